The second kappa shape index (κ2) is 7.81. The molecule has 0 unspecified atom stereocenters. The summed E-state index contributed by atoms with van der Waals surface area (Å²) in [6.45, 7) is 12.8. The third kappa shape index (κ3) is 5.27. The van der Waals surface area contributed by atoms with Crippen molar-refractivity contribution in [2.45, 2.75) is 47.0 Å². The van der Waals surface area contributed by atoms with Crippen molar-refractivity contribution >= 4 is 11.8 Å². The highest BCUT2D eigenvalue weighted by Crippen LogP contribution is 2.25. The molecule has 0 aromatic carbocycles. The first-order chi connectivity index (χ1) is 7.06. The molecule has 0 heterocycles. The fourth-order valence-electron chi connectivity index (χ4n) is 1.42. The first kappa shape index (κ1) is 14.6. The summed E-state index contributed by atoms with van der Waals surface area (Å²) < 4.78 is 0. The van der Waals surface area contributed by atoms with Gasteiger partial charge in [0.25, 0.3) is 0 Å². The summed E-state index contributed by atoms with van der Waals surface area (Å²) in [5, 5.41) is 0. The largest absolute Gasteiger partial charge is 0.129 e. The van der Waals surface area contributed by atoms with Crippen LogP contribution in [0, 0.1) is 0 Å². The Labute approximate surface area is 99.5 Å². The summed E-state index contributed by atoms with van der Waals surface area (Å²) in [6, 6.07) is 0. The van der Waals surface area contributed by atoms with E-state index < -0.39 is 0 Å². The Bertz CT molecular complexity index is 269. The van der Waals surface area contributed by atoms with Gasteiger partial charge in [0.05, 0.1) is 0 Å². The molecule has 0 aliphatic heterocycles. The van der Waals surface area contributed by atoms with Crippen LogP contribution in [-0.4, -0.2) is 6.26 Å². The molecule has 1 heteroatoms. The molecule has 0 nitrogen and oxygen atoms in total. The third-order valence-electron chi connectivity index (χ3n) is 2.54. The third-order valence-corrected chi connectivity index (χ3v) is 3.45. The van der Waals surface area contributed by atoms with E-state index in [-0.39, 0.29) is 0 Å². The van der Waals surface area contributed by atoms with Crippen molar-refractivity contribution in [3.63, 3.8) is 0 Å². The standard InChI is InChI=1S/C14H24S/c1-7-9-13(12(5)8-2)10-14(15-6)11(3)4/h10H,3,7-9H2,1-2,4-6H3. The highest BCUT2D eigenvalue weighted by Gasteiger charge is 2.01. The Morgan fingerprint density at radius 2 is 1.87 bits per heavy atom. The maximum Gasteiger partial charge on any atom is 0.00951 e. The lowest BCUT2D eigenvalue weighted by molar-refractivity contribution is 0.896. The van der Waals surface area contributed by atoms with Crippen LogP contribution in [0.4, 0.5) is 0 Å². The van der Waals surface area contributed by atoms with Crippen molar-refractivity contribution in [3.05, 3.63) is 34.3 Å². The van der Waals surface area contributed by atoms with Gasteiger partial charge in [0.15, 0.2) is 0 Å². The summed E-state index contributed by atoms with van der Waals surface area (Å²) >= 11 is 1.79. The molecule has 0 aliphatic rings. The van der Waals surface area contributed by atoms with E-state index in [0.29, 0.717) is 0 Å². The Morgan fingerprint density at radius 3 is 2.20 bits per heavy atom. The zero-order valence-corrected chi connectivity index (χ0v) is 11.6. The van der Waals surface area contributed by atoms with Crippen molar-refractivity contribution < 1.29 is 0 Å². The van der Waals surface area contributed by atoms with Crippen molar-refractivity contribution in [1.29, 1.82) is 0 Å². The van der Waals surface area contributed by atoms with Crippen LogP contribution in [0.1, 0.15) is 47.0 Å². The average molecular weight is 224 g/mol. The number of hydrogen-bond donors (Lipinski definition) is 0. The molecule has 0 saturated heterocycles. The molecule has 86 valence electrons. The van der Waals surface area contributed by atoms with Crippen LogP contribution < -0.4 is 0 Å². The molecule has 0 rings (SSSR count). The van der Waals surface area contributed by atoms with Crippen LogP contribution in [0.3, 0.4) is 0 Å². The molecule has 0 atom stereocenters. The summed E-state index contributed by atoms with van der Waals surface area (Å²) in [7, 11) is 0. The molecule has 0 aliphatic carbocycles. The minimum atomic E-state index is 1.14. The number of rotatable bonds is 6. The molecule has 0 fully saturated rings. The van der Waals surface area contributed by atoms with E-state index in [2.05, 4.69) is 46.6 Å². The van der Waals surface area contributed by atoms with E-state index in [1.54, 1.807) is 11.8 Å². The Kier molecular flexibility index (Phi) is 7.59. The van der Waals surface area contributed by atoms with Crippen molar-refractivity contribution in [3.8, 4) is 0 Å². The van der Waals surface area contributed by atoms with Gasteiger partial charge in [-0.2, -0.15) is 0 Å². The molecule has 0 saturated carbocycles. The van der Waals surface area contributed by atoms with Gasteiger partial charge in [-0.05, 0) is 50.2 Å². The Hall–Kier alpha value is -0.430. The van der Waals surface area contributed by atoms with E-state index in [4.69, 9.17) is 0 Å². The topological polar surface area (TPSA) is 0 Å². The predicted molar refractivity (Wildman–Crippen MR) is 74.3 cm³/mol. The molecule has 0 N–H and O–H groups in total. The predicted octanol–water partition coefficient (Wildman–Crippen LogP) is 5.34. The summed E-state index contributed by atoms with van der Waals surface area (Å²) in [5.74, 6) is 0. The average Bonchev–Trinajstić information content (AvgIpc) is 2.22. The van der Waals surface area contributed by atoms with E-state index in [0.717, 1.165) is 6.42 Å². The molecule has 0 aromatic heterocycles. The molecule has 15 heavy (non-hydrogen) atoms. The lowest BCUT2D eigenvalue weighted by atomic mass is 10.0. The highest BCUT2D eigenvalue weighted by molar-refractivity contribution is 8.02. The Morgan fingerprint density at radius 1 is 1.27 bits per heavy atom. The molecular formula is C14H24S. The monoisotopic (exact) mass is 224 g/mol. The number of hydrogen-bond acceptors (Lipinski definition) is 1. The molecule has 0 radical (unpaired) electrons. The molecule has 0 spiro atoms. The van der Waals surface area contributed by atoms with Crippen LogP contribution in [0.25, 0.3) is 0 Å². The molecule has 0 amide bonds. The van der Waals surface area contributed by atoms with Crippen molar-refractivity contribution in [2.24, 2.45) is 0 Å². The SMILES string of the molecule is C=C(C)C(=CC(CCC)=C(C)CC)SC. The van der Waals surface area contributed by atoms with Gasteiger partial charge in [-0.25, -0.2) is 0 Å². The summed E-state index contributed by atoms with van der Waals surface area (Å²) in [5.41, 5.74) is 4.16. The smallest absolute Gasteiger partial charge is 0.00951 e. The van der Waals surface area contributed by atoms with Gasteiger partial charge in [-0.3, -0.25) is 0 Å². The Balaban J connectivity index is 5.02. The van der Waals surface area contributed by atoms with Crippen LogP contribution in [0.15, 0.2) is 34.3 Å². The fourth-order valence-corrected chi connectivity index (χ4v) is 2.03. The van der Waals surface area contributed by atoms with Gasteiger partial charge in [0.2, 0.25) is 0 Å². The first-order valence-electron chi connectivity index (χ1n) is 5.66. The molecular weight excluding hydrogens is 200 g/mol. The van der Waals surface area contributed by atoms with E-state index >= 15 is 0 Å². The minimum absolute atomic E-state index is 1.14. The van der Waals surface area contributed by atoms with Crippen LogP contribution in [0.5, 0.6) is 0 Å². The van der Waals surface area contributed by atoms with Gasteiger partial charge in [0.1, 0.15) is 0 Å². The van der Waals surface area contributed by atoms with Gasteiger partial charge in [-0.15, -0.1) is 11.8 Å². The van der Waals surface area contributed by atoms with Crippen LogP contribution in [-0.2, 0) is 0 Å². The van der Waals surface area contributed by atoms with Gasteiger partial charge < -0.3 is 0 Å². The fraction of sp³-hybridized carbons (Fsp3) is 0.571. The molecule has 0 aromatic rings. The second-order valence-corrected chi connectivity index (χ2v) is 4.75. The van der Waals surface area contributed by atoms with E-state index in [9.17, 15) is 0 Å². The lowest BCUT2D eigenvalue weighted by Crippen LogP contribution is -1.88. The first-order valence-corrected chi connectivity index (χ1v) is 6.89. The van der Waals surface area contributed by atoms with Crippen molar-refractivity contribution in [2.75, 3.05) is 6.26 Å². The van der Waals surface area contributed by atoms with Gasteiger partial charge in [0, 0.05) is 4.91 Å². The quantitative estimate of drug-likeness (QED) is 0.549. The van der Waals surface area contributed by atoms with Crippen molar-refractivity contribution in [1.82, 2.24) is 0 Å². The normalized spacial score (nSPS) is 13.8. The lowest BCUT2D eigenvalue weighted by Gasteiger charge is -2.09. The van der Waals surface area contributed by atoms with E-state index in [1.165, 1.54) is 34.5 Å². The van der Waals surface area contributed by atoms with Gasteiger partial charge in [-0.1, -0.05) is 32.4 Å². The highest BCUT2D eigenvalue weighted by atomic mass is 32.2. The maximum absolute atomic E-state index is 4.01. The second-order valence-electron chi connectivity index (χ2n) is 3.90. The zero-order valence-electron chi connectivity index (χ0n) is 10.8. The summed E-state index contributed by atoms with van der Waals surface area (Å²) in [4.78, 5) is 1.31. The minimum Gasteiger partial charge on any atom is -0.129 e. The number of thioether (sulfide) groups is 1. The van der Waals surface area contributed by atoms with Gasteiger partial charge >= 0.3 is 0 Å². The van der Waals surface area contributed by atoms with Crippen LogP contribution >= 0.6 is 11.8 Å². The number of allylic oxidation sites excluding steroid dienone is 4. The van der Waals surface area contributed by atoms with E-state index in [1.807, 2.05) is 0 Å². The summed E-state index contributed by atoms with van der Waals surface area (Å²) in [6.07, 6.45) is 7.96. The maximum atomic E-state index is 4.01. The molecule has 0 bridgehead atoms. The zero-order chi connectivity index (χ0) is 11.8. The van der Waals surface area contributed by atoms with Crippen LogP contribution in [0.2, 0.25) is 0 Å².